The van der Waals surface area contributed by atoms with Crippen molar-refractivity contribution in [1.29, 1.82) is 0 Å². The van der Waals surface area contributed by atoms with Crippen LogP contribution in [0.3, 0.4) is 0 Å². The average molecular weight is 264 g/mol. The van der Waals surface area contributed by atoms with E-state index in [0.29, 0.717) is 11.4 Å². The van der Waals surface area contributed by atoms with Crippen molar-refractivity contribution in [2.24, 2.45) is 0 Å². The molecule has 96 valence electrons. The minimum Gasteiger partial charge on any atom is -0.289 e. The number of allylic oxidation sites excluding steroid dienone is 1. The van der Waals surface area contributed by atoms with E-state index in [9.17, 15) is 4.79 Å². The van der Waals surface area contributed by atoms with Crippen LogP contribution < -0.4 is 5.48 Å². The number of hydroxylamine groups is 1. The van der Waals surface area contributed by atoms with E-state index < -0.39 is 0 Å². The Morgan fingerprint density at radius 1 is 1.56 bits per heavy atom. The normalized spacial score (nSPS) is 10.4. The van der Waals surface area contributed by atoms with Crippen molar-refractivity contribution >= 4 is 23.3 Å². The van der Waals surface area contributed by atoms with Crippen molar-refractivity contribution in [2.45, 2.75) is 32.1 Å². The molecule has 5 heteroatoms. The highest BCUT2D eigenvalue weighted by Gasteiger charge is 1.97. The van der Waals surface area contributed by atoms with Crippen LogP contribution in [0.1, 0.15) is 42.8 Å². The summed E-state index contributed by atoms with van der Waals surface area (Å²) in [5.74, 6) is 2.17. The number of thiazole rings is 1. The zero-order valence-electron chi connectivity index (χ0n) is 10.1. The molecule has 18 heavy (non-hydrogen) atoms. The van der Waals surface area contributed by atoms with E-state index >= 15 is 0 Å². The highest BCUT2D eigenvalue weighted by atomic mass is 32.1. The molecule has 0 aromatic carbocycles. The van der Waals surface area contributed by atoms with Crippen LogP contribution in [0.25, 0.3) is 6.08 Å². The average Bonchev–Trinajstić information content (AvgIpc) is 2.85. The fraction of sp³-hybridized carbons (Fsp3) is 0.385. The van der Waals surface area contributed by atoms with E-state index in [1.54, 1.807) is 5.48 Å². The van der Waals surface area contributed by atoms with Crippen LogP contribution in [0.15, 0.2) is 11.5 Å². The van der Waals surface area contributed by atoms with Crippen LogP contribution >= 0.6 is 11.3 Å². The lowest BCUT2D eigenvalue weighted by atomic mass is 10.1. The van der Waals surface area contributed by atoms with Gasteiger partial charge in [0.25, 0.3) is 0 Å². The van der Waals surface area contributed by atoms with Gasteiger partial charge in [-0.1, -0.05) is 12.5 Å². The molecule has 0 aliphatic heterocycles. The van der Waals surface area contributed by atoms with Gasteiger partial charge < -0.3 is 0 Å². The third-order valence-corrected chi connectivity index (χ3v) is 3.13. The predicted octanol–water partition coefficient (Wildman–Crippen LogP) is 2.59. The molecular weight excluding hydrogens is 248 g/mol. The van der Waals surface area contributed by atoms with Crippen LogP contribution in [0.4, 0.5) is 0 Å². The van der Waals surface area contributed by atoms with E-state index in [-0.39, 0.29) is 5.91 Å². The number of nitrogens with zero attached hydrogens (tertiary/aromatic N) is 1. The van der Waals surface area contributed by atoms with Crippen LogP contribution in [0, 0.1) is 12.3 Å². The summed E-state index contributed by atoms with van der Waals surface area (Å²) in [6, 6.07) is 0. The lowest BCUT2D eigenvalue weighted by Crippen LogP contribution is -2.17. The van der Waals surface area contributed by atoms with Crippen LogP contribution in [-0.4, -0.2) is 16.1 Å². The molecule has 1 aromatic heterocycles. The Bertz CT molecular complexity index is 446. The summed E-state index contributed by atoms with van der Waals surface area (Å²) in [6.45, 7) is 0. The molecule has 0 saturated carbocycles. The van der Waals surface area contributed by atoms with Gasteiger partial charge in [0, 0.05) is 11.8 Å². The third kappa shape index (κ3) is 5.62. The lowest BCUT2D eigenvalue weighted by Gasteiger charge is -1.97. The zero-order valence-corrected chi connectivity index (χ0v) is 10.9. The fourth-order valence-electron chi connectivity index (χ4n) is 1.41. The molecule has 0 radical (unpaired) electrons. The summed E-state index contributed by atoms with van der Waals surface area (Å²) < 4.78 is 0. The van der Waals surface area contributed by atoms with Crippen molar-refractivity contribution < 1.29 is 10.0 Å². The highest BCUT2D eigenvalue weighted by molar-refractivity contribution is 7.10. The summed E-state index contributed by atoms with van der Waals surface area (Å²) in [7, 11) is 0. The molecule has 0 atom stereocenters. The van der Waals surface area contributed by atoms with Gasteiger partial charge in [0.1, 0.15) is 0 Å². The number of hydrogen-bond acceptors (Lipinski definition) is 4. The number of aromatic nitrogens is 1. The SMILES string of the molecule is C#Cc1nc(/C=C/CCCCCC(=O)NO)cs1. The molecule has 0 unspecified atom stereocenters. The number of carbonyl (C=O) groups excluding carboxylic acids is 1. The van der Waals surface area contributed by atoms with Crippen LogP contribution in [-0.2, 0) is 4.79 Å². The largest absolute Gasteiger partial charge is 0.289 e. The van der Waals surface area contributed by atoms with E-state index in [0.717, 1.165) is 31.4 Å². The molecule has 4 nitrogen and oxygen atoms in total. The first-order chi connectivity index (χ1) is 8.76. The Labute approximate surface area is 111 Å². The Balaban J connectivity index is 2.11. The maximum absolute atomic E-state index is 10.7. The Morgan fingerprint density at radius 2 is 2.39 bits per heavy atom. The summed E-state index contributed by atoms with van der Waals surface area (Å²) in [4.78, 5) is 14.9. The van der Waals surface area contributed by atoms with Gasteiger partial charge in [-0.25, -0.2) is 10.5 Å². The maximum atomic E-state index is 10.7. The fourth-order valence-corrected chi connectivity index (χ4v) is 2.00. The second-order valence-electron chi connectivity index (χ2n) is 3.76. The van der Waals surface area contributed by atoms with Gasteiger partial charge in [-0.2, -0.15) is 0 Å². The van der Waals surface area contributed by atoms with Crippen molar-refractivity contribution in [2.75, 3.05) is 0 Å². The molecule has 1 heterocycles. The molecule has 0 fully saturated rings. The summed E-state index contributed by atoms with van der Waals surface area (Å²) >= 11 is 1.46. The molecule has 0 aliphatic rings. The zero-order chi connectivity index (χ0) is 13.2. The Hall–Kier alpha value is -1.64. The number of amides is 1. The van der Waals surface area contributed by atoms with Gasteiger partial charge >= 0.3 is 0 Å². The second-order valence-corrected chi connectivity index (χ2v) is 4.62. The summed E-state index contributed by atoms with van der Waals surface area (Å²) in [5, 5.41) is 10.9. The number of rotatable bonds is 7. The van der Waals surface area contributed by atoms with Crippen molar-refractivity contribution in [3.05, 3.63) is 22.2 Å². The molecule has 1 aromatic rings. The Morgan fingerprint density at radius 3 is 3.06 bits per heavy atom. The van der Waals surface area contributed by atoms with E-state index in [4.69, 9.17) is 11.6 Å². The number of terminal acetylenes is 1. The Kier molecular flexibility index (Phi) is 6.77. The molecule has 0 aliphatic carbocycles. The topological polar surface area (TPSA) is 62.2 Å². The van der Waals surface area contributed by atoms with Crippen molar-refractivity contribution in [1.82, 2.24) is 10.5 Å². The van der Waals surface area contributed by atoms with Gasteiger partial charge in [0.2, 0.25) is 5.91 Å². The van der Waals surface area contributed by atoms with Gasteiger partial charge in [0.05, 0.1) is 5.69 Å². The monoisotopic (exact) mass is 264 g/mol. The standard InChI is InChI=1S/C13H16N2O2S/c1-2-13-14-11(10-18-13)8-6-4-3-5-7-9-12(16)15-17/h1,6,8,10,17H,3-5,7,9H2,(H,15,16)/b8-6+. The molecule has 0 bridgehead atoms. The predicted molar refractivity (Wildman–Crippen MR) is 72.1 cm³/mol. The summed E-state index contributed by atoms with van der Waals surface area (Å²) in [5.41, 5.74) is 2.52. The molecular formula is C13H16N2O2S. The minimum atomic E-state index is -0.324. The van der Waals surface area contributed by atoms with Gasteiger partial charge in [0.15, 0.2) is 5.01 Å². The lowest BCUT2D eigenvalue weighted by molar-refractivity contribution is -0.129. The number of hydrogen-bond donors (Lipinski definition) is 2. The van der Waals surface area contributed by atoms with Crippen molar-refractivity contribution in [3.63, 3.8) is 0 Å². The first-order valence-electron chi connectivity index (χ1n) is 5.78. The molecule has 1 rings (SSSR count). The second kappa shape index (κ2) is 8.45. The number of unbranched alkanes of at least 4 members (excludes halogenated alkanes) is 3. The third-order valence-electron chi connectivity index (χ3n) is 2.33. The molecule has 0 spiro atoms. The maximum Gasteiger partial charge on any atom is 0.243 e. The summed E-state index contributed by atoms with van der Waals surface area (Å²) in [6.07, 6.45) is 13.3. The first-order valence-corrected chi connectivity index (χ1v) is 6.66. The smallest absolute Gasteiger partial charge is 0.243 e. The van der Waals surface area contributed by atoms with Gasteiger partial charge in [-0.05, 0) is 31.3 Å². The van der Waals surface area contributed by atoms with E-state index in [1.807, 2.05) is 11.5 Å². The van der Waals surface area contributed by atoms with Gasteiger partial charge in [-0.15, -0.1) is 17.8 Å². The minimum absolute atomic E-state index is 0.324. The number of nitrogens with one attached hydrogen (secondary N) is 1. The highest BCUT2D eigenvalue weighted by Crippen LogP contribution is 2.11. The van der Waals surface area contributed by atoms with Crippen LogP contribution in [0.2, 0.25) is 0 Å². The first kappa shape index (κ1) is 14.4. The molecule has 0 saturated heterocycles. The van der Waals surface area contributed by atoms with Crippen LogP contribution in [0.5, 0.6) is 0 Å². The van der Waals surface area contributed by atoms with E-state index in [2.05, 4.69) is 17.0 Å². The molecule has 2 N–H and O–H groups in total. The van der Waals surface area contributed by atoms with E-state index in [1.165, 1.54) is 11.3 Å². The molecule has 1 amide bonds. The number of carbonyl (C=O) groups is 1. The van der Waals surface area contributed by atoms with Gasteiger partial charge in [-0.3, -0.25) is 10.0 Å². The quantitative estimate of drug-likeness (QED) is 0.344. The van der Waals surface area contributed by atoms with Crippen molar-refractivity contribution in [3.8, 4) is 12.3 Å².